The molecule has 0 aromatic heterocycles. The molecule has 6 heteroatoms. The van der Waals surface area contributed by atoms with Gasteiger partial charge in [0.1, 0.15) is 6.54 Å². The summed E-state index contributed by atoms with van der Waals surface area (Å²) in [4.78, 5) is 12.0. The van der Waals surface area contributed by atoms with E-state index in [1.165, 1.54) is 0 Å². The molecule has 1 aromatic carbocycles. The molecule has 1 amide bonds. The number of aliphatic hydroxyl groups excluding tert-OH is 1. The zero-order valence-corrected chi connectivity index (χ0v) is 9.94. The fourth-order valence-electron chi connectivity index (χ4n) is 1.32. The molecule has 3 nitrogen and oxygen atoms in total. The van der Waals surface area contributed by atoms with Gasteiger partial charge in [-0.2, -0.15) is 13.2 Å². The largest absolute Gasteiger partial charge is 0.406 e. The van der Waals surface area contributed by atoms with Crippen LogP contribution in [-0.4, -0.2) is 41.8 Å². The number of hydrogen-bond acceptors (Lipinski definition) is 2. The molecule has 0 saturated carbocycles. The Hall–Kier alpha value is -2.00. The van der Waals surface area contributed by atoms with E-state index in [0.717, 1.165) is 0 Å². The summed E-state index contributed by atoms with van der Waals surface area (Å²) < 4.78 is 36.7. The lowest BCUT2D eigenvalue weighted by atomic mass is 10.2. The maximum atomic E-state index is 12.2. The molecule has 0 aliphatic heterocycles. The topological polar surface area (TPSA) is 40.5 Å². The summed E-state index contributed by atoms with van der Waals surface area (Å²) in [6, 6.07) is 8.45. The van der Waals surface area contributed by atoms with Crippen molar-refractivity contribution in [1.29, 1.82) is 0 Å². The lowest BCUT2D eigenvalue weighted by molar-refractivity contribution is -0.158. The van der Waals surface area contributed by atoms with E-state index in [9.17, 15) is 18.0 Å². The highest BCUT2D eigenvalue weighted by Gasteiger charge is 2.32. The monoisotopic (exact) mass is 271 g/mol. The van der Waals surface area contributed by atoms with Crippen LogP contribution in [0.3, 0.4) is 0 Å². The van der Waals surface area contributed by atoms with Gasteiger partial charge in [-0.15, -0.1) is 0 Å². The second-order valence-electron chi connectivity index (χ2n) is 3.68. The van der Waals surface area contributed by atoms with E-state index in [2.05, 4.69) is 11.8 Å². The third kappa shape index (κ3) is 5.93. The molecule has 19 heavy (non-hydrogen) atoms. The first-order chi connectivity index (χ1) is 8.92. The third-order valence-corrected chi connectivity index (χ3v) is 2.11. The van der Waals surface area contributed by atoms with Gasteiger partial charge in [0.05, 0.1) is 6.61 Å². The van der Waals surface area contributed by atoms with Gasteiger partial charge in [-0.1, -0.05) is 24.1 Å². The first-order valence-corrected chi connectivity index (χ1v) is 5.46. The molecular formula is C13H12F3NO2. The minimum atomic E-state index is -4.51. The molecule has 0 heterocycles. The van der Waals surface area contributed by atoms with E-state index in [0.29, 0.717) is 10.5 Å². The quantitative estimate of drug-likeness (QED) is 0.845. The summed E-state index contributed by atoms with van der Waals surface area (Å²) >= 11 is 0. The predicted molar refractivity (Wildman–Crippen MR) is 63.0 cm³/mol. The van der Waals surface area contributed by atoms with E-state index in [4.69, 9.17) is 5.11 Å². The molecule has 0 spiro atoms. The van der Waals surface area contributed by atoms with Gasteiger partial charge in [-0.05, 0) is 12.1 Å². The standard InChI is InChI=1S/C13H12F3NO2/c14-13(15,16)10-17(8-9-18)12(19)7-6-11-4-2-1-3-5-11/h1-5,18H,8-10H2. The van der Waals surface area contributed by atoms with Crippen LogP contribution in [0.15, 0.2) is 30.3 Å². The fourth-order valence-corrected chi connectivity index (χ4v) is 1.32. The van der Waals surface area contributed by atoms with Gasteiger partial charge >= 0.3 is 6.18 Å². The second-order valence-corrected chi connectivity index (χ2v) is 3.68. The lowest BCUT2D eigenvalue weighted by Crippen LogP contribution is -2.40. The summed E-state index contributed by atoms with van der Waals surface area (Å²) in [5.74, 6) is 3.65. The molecule has 102 valence electrons. The summed E-state index contributed by atoms with van der Waals surface area (Å²) in [6.07, 6.45) is -4.51. The van der Waals surface area contributed by atoms with Gasteiger partial charge in [-0.3, -0.25) is 4.79 Å². The van der Waals surface area contributed by atoms with Gasteiger partial charge in [0.15, 0.2) is 0 Å². The van der Waals surface area contributed by atoms with Crippen LogP contribution >= 0.6 is 0 Å². The fraction of sp³-hybridized carbons (Fsp3) is 0.308. The third-order valence-electron chi connectivity index (χ3n) is 2.11. The van der Waals surface area contributed by atoms with E-state index >= 15 is 0 Å². The molecule has 0 unspecified atom stereocenters. The van der Waals surface area contributed by atoms with Crippen molar-refractivity contribution in [3.63, 3.8) is 0 Å². The average Bonchev–Trinajstić information content (AvgIpc) is 2.35. The van der Waals surface area contributed by atoms with Crippen LogP contribution in [0.2, 0.25) is 0 Å². The Balaban J connectivity index is 2.75. The maximum Gasteiger partial charge on any atom is 0.406 e. The SMILES string of the molecule is O=C(C#Cc1ccccc1)N(CCO)CC(F)(F)F. The first-order valence-electron chi connectivity index (χ1n) is 5.46. The lowest BCUT2D eigenvalue weighted by Gasteiger charge is -2.20. The van der Waals surface area contributed by atoms with Crippen LogP contribution in [-0.2, 0) is 4.79 Å². The van der Waals surface area contributed by atoms with E-state index in [1.54, 1.807) is 30.3 Å². The molecule has 0 atom stereocenters. The molecule has 1 aromatic rings. The number of nitrogens with zero attached hydrogens (tertiary/aromatic N) is 1. The van der Waals surface area contributed by atoms with Crippen molar-refractivity contribution in [2.45, 2.75) is 6.18 Å². The Morgan fingerprint density at radius 3 is 2.42 bits per heavy atom. The normalized spacial score (nSPS) is 10.5. The molecule has 0 bridgehead atoms. The number of hydrogen-bond donors (Lipinski definition) is 1. The summed E-state index contributed by atoms with van der Waals surface area (Å²) in [6.45, 7) is -2.37. The Morgan fingerprint density at radius 2 is 1.89 bits per heavy atom. The number of aliphatic hydroxyl groups is 1. The number of rotatable bonds is 3. The van der Waals surface area contributed by atoms with Crippen LogP contribution in [0, 0.1) is 11.8 Å². The molecular weight excluding hydrogens is 259 g/mol. The smallest absolute Gasteiger partial charge is 0.395 e. The predicted octanol–water partition coefficient (Wildman–Crippen LogP) is 1.42. The van der Waals surface area contributed by atoms with Gasteiger partial charge < -0.3 is 10.0 Å². The van der Waals surface area contributed by atoms with Crippen molar-refractivity contribution in [2.24, 2.45) is 0 Å². The second kappa shape index (κ2) is 6.81. The highest BCUT2D eigenvalue weighted by Crippen LogP contribution is 2.16. The summed E-state index contributed by atoms with van der Waals surface area (Å²) in [5, 5.41) is 8.66. The minimum absolute atomic E-state index is 0.401. The number of carbonyl (C=O) groups excluding carboxylic acids is 1. The van der Waals surface area contributed by atoms with Crippen molar-refractivity contribution in [1.82, 2.24) is 4.90 Å². The van der Waals surface area contributed by atoms with Gasteiger partial charge in [0.25, 0.3) is 5.91 Å². The van der Waals surface area contributed by atoms with E-state index in [1.807, 2.05) is 0 Å². The highest BCUT2D eigenvalue weighted by atomic mass is 19.4. The van der Waals surface area contributed by atoms with Gasteiger partial charge in [0.2, 0.25) is 0 Å². The molecule has 1 N–H and O–H groups in total. The molecule has 0 aliphatic rings. The summed E-state index contributed by atoms with van der Waals surface area (Å²) in [7, 11) is 0. The maximum absolute atomic E-state index is 12.2. The van der Waals surface area contributed by atoms with E-state index < -0.39 is 31.8 Å². The highest BCUT2D eigenvalue weighted by molar-refractivity contribution is 5.94. The van der Waals surface area contributed by atoms with Crippen molar-refractivity contribution < 1.29 is 23.1 Å². The van der Waals surface area contributed by atoms with Crippen molar-refractivity contribution in [2.75, 3.05) is 19.7 Å². The van der Waals surface area contributed by atoms with Crippen LogP contribution in [0.5, 0.6) is 0 Å². The van der Waals surface area contributed by atoms with Crippen molar-refractivity contribution >= 4 is 5.91 Å². The number of carbonyl (C=O) groups is 1. The van der Waals surface area contributed by atoms with Gasteiger partial charge in [-0.25, -0.2) is 0 Å². The molecule has 1 rings (SSSR count). The first kappa shape index (κ1) is 15.1. The average molecular weight is 271 g/mol. The van der Waals surface area contributed by atoms with E-state index in [-0.39, 0.29) is 0 Å². The Labute approximate surface area is 108 Å². The Kier molecular flexibility index (Phi) is 5.39. The van der Waals surface area contributed by atoms with Crippen LogP contribution in [0.25, 0.3) is 0 Å². The number of benzene rings is 1. The number of amides is 1. The van der Waals surface area contributed by atoms with Gasteiger partial charge in [0, 0.05) is 18.0 Å². The zero-order chi connectivity index (χ0) is 14.3. The molecule has 0 radical (unpaired) electrons. The number of halogens is 3. The Morgan fingerprint density at radius 1 is 1.26 bits per heavy atom. The van der Waals surface area contributed by atoms with Crippen LogP contribution in [0.4, 0.5) is 13.2 Å². The van der Waals surface area contributed by atoms with Crippen molar-refractivity contribution in [3.8, 4) is 11.8 Å². The molecule has 0 saturated heterocycles. The molecule has 0 aliphatic carbocycles. The van der Waals surface area contributed by atoms with Crippen LogP contribution < -0.4 is 0 Å². The van der Waals surface area contributed by atoms with Crippen molar-refractivity contribution in [3.05, 3.63) is 35.9 Å². The Bertz CT molecular complexity index is 474. The number of alkyl halides is 3. The van der Waals surface area contributed by atoms with Crippen LogP contribution in [0.1, 0.15) is 5.56 Å². The molecule has 0 fully saturated rings. The summed E-state index contributed by atoms with van der Waals surface area (Å²) in [5.41, 5.74) is 0.534. The zero-order valence-electron chi connectivity index (χ0n) is 9.94. The minimum Gasteiger partial charge on any atom is -0.395 e.